The number of amides is 2. The van der Waals surface area contributed by atoms with E-state index >= 15 is 0 Å². The molecule has 0 aromatic heterocycles. The van der Waals surface area contributed by atoms with Gasteiger partial charge in [-0.1, -0.05) is 18.2 Å². The van der Waals surface area contributed by atoms with Gasteiger partial charge in [-0.05, 0) is 16.7 Å². The number of carboxylic acid groups (broad SMARTS) is 1. The Bertz CT molecular complexity index is 1010. The molecule has 0 saturated carbocycles. The third kappa shape index (κ3) is 4.04. The smallest absolute Gasteiger partial charge is 0.352 e. The molecular formula is C20H21N3O6S2. The normalized spacial score (nSPS) is 22.9. The SMILES string of the molecule is CC(=O)OCC1=C(C(=O)O)N2C(=O)C(NC(=O)C(N)c3ccc4c(c3)CSC4)C2SC1. The molecule has 4 rings (SSSR count). The Morgan fingerprint density at radius 3 is 2.74 bits per heavy atom. The van der Waals surface area contributed by atoms with Gasteiger partial charge in [0.05, 0.1) is 0 Å². The van der Waals surface area contributed by atoms with Gasteiger partial charge in [-0.3, -0.25) is 19.3 Å². The zero-order valence-electron chi connectivity index (χ0n) is 16.6. The van der Waals surface area contributed by atoms with Crippen LogP contribution >= 0.6 is 23.5 Å². The number of nitrogens with two attached hydrogens (primary N) is 1. The molecule has 0 spiro atoms. The van der Waals surface area contributed by atoms with Crippen molar-refractivity contribution < 1.29 is 29.0 Å². The molecule has 0 radical (unpaired) electrons. The number of fused-ring (bicyclic) bond motifs is 2. The maximum absolute atomic E-state index is 12.7. The van der Waals surface area contributed by atoms with Crippen LogP contribution in [0.2, 0.25) is 0 Å². The van der Waals surface area contributed by atoms with Crippen molar-refractivity contribution in [2.45, 2.75) is 35.9 Å². The Morgan fingerprint density at radius 2 is 2.03 bits per heavy atom. The second-order valence-corrected chi connectivity index (χ2v) is 9.52. The van der Waals surface area contributed by atoms with E-state index in [1.165, 1.54) is 24.2 Å². The summed E-state index contributed by atoms with van der Waals surface area (Å²) in [4.78, 5) is 49.4. The lowest BCUT2D eigenvalue weighted by atomic mass is 9.99. The molecule has 1 aromatic rings. The summed E-state index contributed by atoms with van der Waals surface area (Å²) < 4.78 is 4.91. The molecule has 3 aliphatic heterocycles. The summed E-state index contributed by atoms with van der Waals surface area (Å²) in [7, 11) is 0. The van der Waals surface area contributed by atoms with Gasteiger partial charge in [0.25, 0.3) is 5.91 Å². The number of carbonyl (C=O) groups is 4. The quantitative estimate of drug-likeness (QED) is 0.412. The zero-order chi connectivity index (χ0) is 22.3. The number of benzene rings is 1. The van der Waals surface area contributed by atoms with Crippen molar-refractivity contribution in [2.24, 2.45) is 5.73 Å². The van der Waals surface area contributed by atoms with Crippen molar-refractivity contribution in [3.8, 4) is 0 Å². The Labute approximate surface area is 186 Å². The molecular weight excluding hydrogens is 442 g/mol. The van der Waals surface area contributed by atoms with E-state index in [9.17, 15) is 24.3 Å². The summed E-state index contributed by atoms with van der Waals surface area (Å²) in [6.45, 7) is 1.03. The lowest BCUT2D eigenvalue weighted by molar-refractivity contribution is -0.151. The van der Waals surface area contributed by atoms with E-state index in [1.54, 1.807) is 11.8 Å². The Balaban J connectivity index is 1.45. The molecule has 4 N–H and O–H groups in total. The number of aliphatic carboxylic acids is 1. The van der Waals surface area contributed by atoms with E-state index in [1.807, 2.05) is 18.2 Å². The summed E-state index contributed by atoms with van der Waals surface area (Å²) in [6.07, 6.45) is 0. The van der Waals surface area contributed by atoms with Gasteiger partial charge in [-0.25, -0.2) is 4.79 Å². The van der Waals surface area contributed by atoms with Crippen LogP contribution in [-0.4, -0.2) is 57.5 Å². The van der Waals surface area contributed by atoms with E-state index in [-0.39, 0.29) is 18.1 Å². The summed E-state index contributed by atoms with van der Waals surface area (Å²) in [5, 5.41) is 11.7. The lowest BCUT2D eigenvalue weighted by Gasteiger charge is -2.49. The number of esters is 1. The first kappa shape index (κ1) is 21.7. The molecule has 164 valence electrons. The number of carbonyl (C=O) groups excluding carboxylic acids is 3. The van der Waals surface area contributed by atoms with Crippen molar-refractivity contribution >= 4 is 47.3 Å². The molecule has 3 aliphatic rings. The van der Waals surface area contributed by atoms with Gasteiger partial charge in [0.15, 0.2) is 0 Å². The molecule has 1 fully saturated rings. The Kier molecular flexibility index (Phi) is 6.00. The first-order chi connectivity index (χ1) is 14.8. The van der Waals surface area contributed by atoms with Gasteiger partial charge >= 0.3 is 11.9 Å². The van der Waals surface area contributed by atoms with E-state index in [4.69, 9.17) is 10.5 Å². The summed E-state index contributed by atoms with van der Waals surface area (Å²) >= 11 is 3.11. The van der Waals surface area contributed by atoms with E-state index in [0.717, 1.165) is 22.0 Å². The highest BCUT2D eigenvalue weighted by Gasteiger charge is 2.54. The van der Waals surface area contributed by atoms with Crippen LogP contribution in [-0.2, 0) is 35.4 Å². The van der Waals surface area contributed by atoms with Gasteiger partial charge in [-0.2, -0.15) is 11.8 Å². The highest BCUT2D eigenvalue weighted by molar-refractivity contribution is 8.00. The number of nitrogens with one attached hydrogen (secondary N) is 1. The summed E-state index contributed by atoms with van der Waals surface area (Å²) in [6, 6.07) is 3.93. The number of carboxylic acids is 1. The van der Waals surface area contributed by atoms with E-state index in [2.05, 4.69) is 5.32 Å². The minimum atomic E-state index is -1.28. The van der Waals surface area contributed by atoms with Crippen LogP contribution in [0.25, 0.3) is 0 Å². The lowest BCUT2D eigenvalue weighted by Crippen LogP contribution is -2.71. The van der Waals surface area contributed by atoms with Gasteiger partial charge in [0.1, 0.15) is 29.8 Å². The monoisotopic (exact) mass is 463 g/mol. The number of hydrogen-bond acceptors (Lipinski definition) is 8. The average Bonchev–Trinajstić information content (AvgIpc) is 3.22. The number of thioether (sulfide) groups is 2. The van der Waals surface area contributed by atoms with Crippen LogP contribution in [0.4, 0.5) is 0 Å². The molecule has 9 nitrogen and oxygen atoms in total. The van der Waals surface area contributed by atoms with Gasteiger partial charge < -0.3 is 20.9 Å². The molecule has 31 heavy (non-hydrogen) atoms. The minimum Gasteiger partial charge on any atom is -0.477 e. The standard InChI is InChI=1S/C20H21N3O6S2/c1-9(24)29-5-13-8-31-19-15(18(26)23(19)16(13)20(27)28)22-17(25)14(21)10-2-3-11-6-30-7-12(11)4-10/h2-4,14-15,19H,5-8,21H2,1H3,(H,22,25)(H,27,28). The predicted molar refractivity (Wildman–Crippen MR) is 115 cm³/mol. The number of β-lactam (4-membered cyclic amide) rings is 1. The minimum absolute atomic E-state index is 0.194. The molecule has 0 aliphatic carbocycles. The van der Waals surface area contributed by atoms with Crippen LogP contribution in [0.5, 0.6) is 0 Å². The van der Waals surface area contributed by atoms with Crippen molar-refractivity contribution in [1.29, 1.82) is 0 Å². The fraction of sp³-hybridized carbons (Fsp3) is 0.400. The molecule has 3 heterocycles. The van der Waals surface area contributed by atoms with E-state index in [0.29, 0.717) is 11.1 Å². The fourth-order valence-electron chi connectivity index (χ4n) is 3.76. The average molecular weight is 464 g/mol. The van der Waals surface area contributed by atoms with Gasteiger partial charge in [-0.15, -0.1) is 11.8 Å². The third-order valence-electron chi connectivity index (χ3n) is 5.38. The molecule has 3 unspecified atom stereocenters. The molecule has 3 atom stereocenters. The Hall–Kier alpha value is -2.50. The van der Waals surface area contributed by atoms with Gasteiger partial charge in [0.2, 0.25) is 5.91 Å². The van der Waals surface area contributed by atoms with Crippen LogP contribution < -0.4 is 11.1 Å². The number of ether oxygens (including phenoxy) is 1. The molecule has 11 heteroatoms. The maximum Gasteiger partial charge on any atom is 0.352 e. The largest absolute Gasteiger partial charge is 0.477 e. The molecule has 1 saturated heterocycles. The third-order valence-corrected chi connectivity index (χ3v) is 7.75. The second kappa shape index (κ2) is 8.56. The second-order valence-electron chi connectivity index (χ2n) is 7.43. The number of nitrogens with zero attached hydrogens (tertiary/aromatic N) is 1. The molecule has 1 aromatic carbocycles. The first-order valence-electron chi connectivity index (χ1n) is 9.56. The van der Waals surface area contributed by atoms with Crippen molar-refractivity contribution in [3.05, 3.63) is 46.2 Å². The van der Waals surface area contributed by atoms with Crippen LogP contribution in [0.1, 0.15) is 29.7 Å². The van der Waals surface area contributed by atoms with Crippen LogP contribution in [0.15, 0.2) is 29.5 Å². The maximum atomic E-state index is 12.7. The highest BCUT2D eigenvalue weighted by atomic mass is 32.2. The van der Waals surface area contributed by atoms with Crippen molar-refractivity contribution in [2.75, 3.05) is 12.4 Å². The molecule has 2 amide bonds. The fourth-order valence-corrected chi connectivity index (χ4v) is 6.18. The zero-order valence-corrected chi connectivity index (χ0v) is 18.3. The van der Waals surface area contributed by atoms with Crippen LogP contribution in [0, 0.1) is 0 Å². The number of hydrogen-bond donors (Lipinski definition) is 3. The summed E-state index contributed by atoms with van der Waals surface area (Å²) in [5.41, 5.74) is 9.36. The first-order valence-corrected chi connectivity index (χ1v) is 11.8. The van der Waals surface area contributed by atoms with Crippen LogP contribution in [0.3, 0.4) is 0 Å². The summed E-state index contributed by atoms with van der Waals surface area (Å²) in [5.74, 6) is -0.740. The van der Waals surface area contributed by atoms with Crippen molar-refractivity contribution in [1.82, 2.24) is 10.2 Å². The van der Waals surface area contributed by atoms with Gasteiger partial charge in [0, 0.05) is 29.8 Å². The predicted octanol–water partition coefficient (Wildman–Crippen LogP) is 0.735. The highest BCUT2D eigenvalue weighted by Crippen LogP contribution is 2.40. The molecule has 0 bridgehead atoms. The Morgan fingerprint density at radius 1 is 1.29 bits per heavy atom. The topological polar surface area (TPSA) is 139 Å². The number of rotatable bonds is 6. The van der Waals surface area contributed by atoms with Crippen molar-refractivity contribution in [3.63, 3.8) is 0 Å². The van der Waals surface area contributed by atoms with E-state index < -0.39 is 41.2 Å².